The zero-order valence-electron chi connectivity index (χ0n) is 7.78. The van der Waals surface area contributed by atoms with Gasteiger partial charge in [-0.05, 0) is 25.7 Å². The predicted octanol–water partition coefficient (Wildman–Crippen LogP) is 1.02. The molecule has 68 valence electrons. The van der Waals surface area contributed by atoms with E-state index in [1.54, 1.807) is 0 Å². The molecule has 4 nitrogen and oxygen atoms in total. The molecule has 0 aliphatic heterocycles. The van der Waals surface area contributed by atoms with Gasteiger partial charge in [0.05, 0.1) is 0 Å². The van der Waals surface area contributed by atoms with Crippen LogP contribution < -0.4 is 0 Å². The van der Waals surface area contributed by atoms with Crippen LogP contribution in [-0.4, -0.2) is 34.4 Å². The molecule has 0 unspecified atom stereocenters. The third-order valence-corrected chi connectivity index (χ3v) is 1.92. The Morgan fingerprint density at radius 2 is 2.15 bits per heavy atom. The van der Waals surface area contributed by atoms with Crippen LogP contribution in [0.1, 0.15) is 5.56 Å². The molecule has 2 aromatic rings. The van der Waals surface area contributed by atoms with Crippen LogP contribution in [0, 0.1) is 0 Å². The Morgan fingerprint density at radius 3 is 2.92 bits per heavy atom. The minimum atomic E-state index is 0.893. The third kappa shape index (κ3) is 1.53. The normalized spacial score (nSPS) is 11.3. The van der Waals surface area contributed by atoms with Crippen molar-refractivity contribution >= 4 is 11.0 Å². The van der Waals surface area contributed by atoms with Gasteiger partial charge in [-0.25, -0.2) is 0 Å². The number of aromatic amines is 1. The molecule has 1 N–H and O–H groups in total. The van der Waals surface area contributed by atoms with Gasteiger partial charge in [0.1, 0.15) is 11.0 Å². The van der Waals surface area contributed by atoms with Crippen molar-refractivity contribution in [3.05, 3.63) is 23.8 Å². The van der Waals surface area contributed by atoms with E-state index in [9.17, 15) is 0 Å². The summed E-state index contributed by atoms with van der Waals surface area (Å²) < 4.78 is 0. The molecule has 0 fully saturated rings. The maximum absolute atomic E-state index is 4.11. The highest BCUT2D eigenvalue weighted by molar-refractivity contribution is 5.77. The number of hydrogen-bond donors (Lipinski definition) is 1. The fourth-order valence-electron chi connectivity index (χ4n) is 1.39. The topological polar surface area (TPSA) is 44.8 Å². The first-order chi connectivity index (χ1) is 6.27. The largest absolute Gasteiger partial charge is 0.305 e. The van der Waals surface area contributed by atoms with Crippen LogP contribution >= 0.6 is 0 Å². The Balaban J connectivity index is 2.48. The first-order valence-corrected chi connectivity index (χ1v) is 4.20. The molecule has 0 spiro atoms. The van der Waals surface area contributed by atoms with Crippen molar-refractivity contribution < 1.29 is 0 Å². The maximum Gasteiger partial charge on any atom is 0.117 e. The average Bonchev–Trinajstić information content (AvgIpc) is 2.51. The van der Waals surface area contributed by atoms with Crippen LogP contribution in [0.3, 0.4) is 0 Å². The monoisotopic (exact) mass is 176 g/mol. The second-order valence-corrected chi connectivity index (χ2v) is 3.35. The molecule has 0 radical (unpaired) electrons. The van der Waals surface area contributed by atoms with Crippen molar-refractivity contribution in [2.75, 3.05) is 14.1 Å². The number of para-hydroxylation sites is 1. The smallest absolute Gasteiger partial charge is 0.117 e. The molecule has 0 aliphatic carbocycles. The Bertz CT molecular complexity index is 405. The summed E-state index contributed by atoms with van der Waals surface area (Å²) in [5.41, 5.74) is 3.10. The molecule has 0 aliphatic rings. The third-order valence-electron chi connectivity index (χ3n) is 1.92. The van der Waals surface area contributed by atoms with Crippen LogP contribution in [0.5, 0.6) is 0 Å². The summed E-state index contributed by atoms with van der Waals surface area (Å²) >= 11 is 0. The lowest BCUT2D eigenvalue weighted by atomic mass is 10.2. The van der Waals surface area contributed by atoms with E-state index in [4.69, 9.17) is 0 Å². The second-order valence-electron chi connectivity index (χ2n) is 3.35. The lowest BCUT2D eigenvalue weighted by molar-refractivity contribution is 0.404. The summed E-state index contributed by atoms with van der Waals surface area (Å²) in [7, 11) is 4.08. The number of aromatic nitrogens is 3. The quantitative estimate of drug-likeness (QED) is 0.743. The number of fused-ring (bicyclic) bond motifs is 1. The number of nitrogens with one attached hydrogen (secondary N) is 1. The minimum absolute atomic E-state index is 0.893. The van der Waals surface area contributed by atoms with Crippen LogP contribution in [0.25, 0.3) is 11.0 Å². The fraction of sp³-hybridized carbons (Fsp3) is 0.333. The van der Waals surface area contributed by atoms with Gasteiger partial charge in [0.15, 0.2) is 0 Å². The van der Waals surface area contributed by atoms with Crippen molar-refractivity contribution in [3.8, 4) is 0 Å². The zero-order chi connectivity index (χ0) is 9.26. The van der Waals surface area contributed by atoms with Gasteiger partial charge in [-0.15, -0.1) is 0 Å². The van der Waals surface area contributed by atoms with Gasteiger partial charge >= 0.3 is 0 Å². The molecule has 1 aromatic carbocycles. The summed E-state index contributed by atoms with van der Waals surface area (Å²) in [6, 6.07) is 6.03. The molecule has 0 atom stereocenters. The summed E-state index contributed by atoms with van der Waals surface area (Å²) in [6.07, 6.45) is 0. The van der Waals surface area contributed by atoms with Crippen LogP contribution in [0.15, 0.2) is 18.2 Å². The highest BCUT2D eigenvalue weighted by atomic mass is 15.3. The average molecular weight is 176 g/mol. The van der Waals surface area contributed by atoms with E-state index in [0.717, 1.165) is 17.6 Å². The molecular formula is C9H12N4. The van der Waals surface area contributed by atoms with E-state index in [2.05, 4.69) is 26.4 Å². The van der Waals surface area contributed by atoms with Crippen molar-refractivity contribution in [2.45, 2.75) is 6.54 Å². The standard InChI is InChI=1S/C9H12N4/c1-13(2)6-7-4-3-5-8-9(7)11-12-10-8/h3-5H,6H2,1-2H3,(H,10,11,12). The summed E-state index contributed by atoms with van der Waals surface area (Å²) in [4.78, 5) is 2.11. The maximum atomic E-state index is 4.11. The van der Waals surface area contributed by atoms with Crippen molar-refractivity contribution in [3.63, 3.8) is 0 Å². The number of nitrogens with zero attached hydrogens (tertiary/aromatic N) is 3. The highest BCUT2D eigenvalue weighted by Crippen LogP contribution is 2.14. The van der Waals surface area contributed by atoms with Gasteiger partial charge in [-0.1, -0.05) is 12.1 Å². The Hall–Kier alpha value is -1.42. The van der Waals surface area contributed by atoms with Gasteiger partial charge < -0.3 is 4.90 Å². The number of hydrogen-bond acceptors (Lipinski definition) is 3. The lowest BCUT2D eigenvalue weighted by Gasteiger charge is -2.08. The molecule has 1 aromatic heterocycles. The molecule has 4 heteroatoms. The Kier molecular flexibility index (Phi) is 1.98. The minimum Gasteiger partial charge on any atom is -0.305 e. The zero-order valence-corrected chi connectivity index (χ0v) is 7.78. The van der Waals surface area contributed by atoms with E-state index in [1.165, 1.54) is 5.56 Å². The molecule has 13 heavy (non-hydrogen) atoms. The molecule has 0 amide bonds. The molecule has 2 rings (SSSR count). The first kappa shape index (κ1) is 8.19. The van der Waals surface area contributed by atoms with Gasteiger partial charge in [-0.3, -0.25) is 0 Å². The van der Waals surface area contributed by atoms with Crippen molar-refractivity contribution in [1.29, 1.82) is 0 Å². The lowest BCUT2D eigenvalue weighted by Crippen LogP contribution is -2.10. The van der Waals surface area contributed by atoms with Gasteiger partial charge in [0, 0.05) is 6.54 Å². The number of benzene rings is 1. The van der Waals surface area contributed by atoms with Gasteiger partial charge in [-0.2, -0.15) is 15.4 Å². The summed E-state index contributed by atoms with van der Waals surface area (Å²) in [5, 5.41) is 10.8. The molecular weight excluding hydrogens is 164 g/mol. The van der Waals surface area contributed by atoms with Crippen molar-refractivity contribution in [1.82, 2.24) is 20.3 Å². The first-order valence-electron chi connectivity index (χ1n) is 4.20. The highest BCUT2D eigenvalue weighted by Gasteiger charge is 2.04. The van der Waals surface area contributed by atoms with Crippen LogP contribution in [0.4, 0.5) is 0 Å². The Morgan fingerprint density at radius 1 is 1.31 bits per heavy atom. The van der Waals surface area contributed by atoms with Gasteiger partial charge in [0.2, 0.25) is 0 Å². The van der Waals surface area contributed by atoms with E-state index in [0.29, 0.717) is 0 Å². The van der Waals surface area contributed by atoms with E-state index in [-0.39, 0.29) is 0 Å². The van der Waals surface area contributed by atoms with E-state index in [1.807, 2.05) is 26.2 Å². The van der Waals surface area contributed by atoms with E-state index >= 15 is 0 Å². The predicted molar refractivity (Wildman–Crippen MR) is 51.3 cm³/mol. The second kappa shape index (κ2) is 3.14. The Labute approximate surface area is 76.6 Å². The van der Waals surface area contributed by atoms with Crippen molar-refractivity contribution in [2.24, 2.45) is 0 Å². The molecule has 0 bridgehead atoms. The number of H-pyrrole nitrogens is 1. The molecule has 0 saturated carbocycles. The van der Waals surface area contributed by atoms with Crippen LogP contribution in [0.2, 0.25) is 0 Å². The molecule has 0 saturated heterocycles. The van der Waals surface area contributed by atoms with Gasteiger partial charge in [0.25, 0.3) is 0 Å². The fourth-order valence-corrected chi connectivity index (χ4v) is 1.39. The summed E-state index contributed by atoms with van der Waals surface area (Å²) in [5.74, 6) is 0. The summed E-state index contributed by atoms with van der Waals surface area (Å²) in [6.45, 7) is 0.893. The molecule has 1 heterocycles. The SMILES string of the molecule is CN(C)Cc1cccc2n[nH]nc12. The van der Waals surface area contributed by atoms with E-state index < -0.39 is 0 Å². The number of rotatable bonds is 2. The van der Waals surface area contributed by atoms with Crippen LogP contribution in [-0.2, 0) is 6.54 Å².